The summed E-state index contributed by atoms with van der Waals surface area (Å²) in [6, 6.07) is 15.9. The molecular weight excluding hydrogens is 445 g/mol. The molecule has 1 amide bonds. The second-order valence-electron chi connectivity index (χ2n) is 9.32. The molecule has 2 aliphatic rings. The smallest absolute Gasteiger partial charge is 0.407 e. The van der Waals surface area contributed by atoms with Crippen LogP contribution in [0.15, 0.2) is 60.7 Å². The molecule has 5 nitrogen and oxygen atoms in total. The number of halogens is 3. The van der Waals surface area contributed by atoms with E-state index in [2.05, 4.69) is 5.32 Å². The Kier molecular flexibility index (Phi) is 7.78. The van der Waals surface area contributed by atoms with Gasteiger partial charge in [-0.1, -0.05) is 67.1 Å². The highest BCUT2D eigenvalue weighted by Gasteiger charge is 2.54. The Bertz CT molecular complexity index is 926. The second-order valence-corrected chi connectivity index (χ2v) is 9.32. The summed E-state index contributed by atoms with van der Waals surface area (Å²) in [4.78, 5) is 14.0. The van der Waals surface area contributed by atoms with Crippen LogP contribution in [0.25, 0.3) is 0 Å². The van der Waals surface area contributed by atoms with Gasteiger partial charge in [-0.05, 0) is 42.7 Å². The summed E-state index contributed by atoms with van der Waals surface area (Å²) in [6.45, 7) is -0.0886. The van der Waals surface area contributed by atoms with Crippen LogP contribution in [-0.2, 0) is 17.8 Å². The van der Waals surface area contributed by atoms with E-state index in [0.717, 1.165) is 24.0 Å². The molecule has 184 valence electrons. The number of nitrogens with zero attached hydrogens (tertiary/aromatic N) is 1. The van der Waals surface area contributed by atoms with Crippen LogP contribution in [0.3, 0.4) is 0 Å². The predicted molar refractivity (Wildman–Crippen MR) is 122 cm³/mol. The minimum Gasteiger partial charge on any atom is -0.445 e. The van der Waals surface area contributed by atoms with Gasteiger partial charge in [-0.2, -0.15) is 13.2 Å². The van der Waals surface area contributed by atoms with Crippen LogP contribution in [0.5, 0.6) is 0 Å². The number of hydrogen-bond acceptors (Lipinski definition) is 4. The fraction of sp³-hybridized carbons (Fsp3) is 0.500. The Balaban J connectivity index is 1.45. The first-order valence-corrected chi connectivity index (χ1v) is 11.8. The minimum absolute atomic E-state index is 0.00944. The molecule has 2 N–H and O–H groups in total. The Morgan fingerprint density at radius 3 is 2.35 bits per heavy atom. The largest absolute Gasteiger partial charge is 0.445 e. The molecule has 0 unspecified atom stereocenters. The van der Waals surface area contributed by atoms with Gasteiger partial charge in [-0.3, -0.25) is 4.90 Å². The van der Waals surface area contributed by atoms with Gasteiger partial charge >= 0.3 is 12.3 Å². The van der Waals surface area contributed by atoms with E-state index in [4.69, 9.17) is 4.74 Å². The van der Waals surface area contributed by atoms with Crippen molar-refractivity contribution in [3.63, 3.8) is 0 Å². The standard InChI is InChI=1S/C26H31F3N2O3/c27-26(28,29)24-15-20-12-7-13-22(20)31(24)16-23(32)21(14-18-8-3-1-4-9-18)30-25(33)34-17-19-10-5-2-6-11-19/h1-6,8-11,20-24,32H,7,12-17H2,(H,30,33)/t20-,21-,22-,23+,24-/m0/s1. The lowest BCUT2D eigenvalue weighted by Gasteiger charge is -2.35. The van der Waals surface area contributed by atoms with E-state index in [1.54, 1.807) is 0 Å². The molecule has 2 aromatic rings. The highest BCUT2D eigenvalue weighted by atomic mass is 19.4. The Labute approximate surface area is 197 Å². The summed E-state index contributed by atoms with van der Waals surface area (Å²) >= 11 is 0. The number of likely N-dealkylation sites (tertiary alicyclic amines) is 1. The van der Waals surface area contributed by atoms with Gasteiger partial charge in [0, 0.05) is 12.6 Å². The lowest BCUT2D eigenvalue weighted by Crippen LogP contribution is -2.54. The van der Waals surface area contributed by atoms with E-state index < -0.39 is 30.5 Å². The van der Waals surface area contributed by atoms with Gasteiger partial charge in [-0.25, -0.2) is 4.79 Å². The molecule has 0 aromatic heterocycles. The Hall–Kier alpha value is -2.58. The lowest BCUT2D eigenvalue weighted by molar-refractivity contribution is -0.182. The molecule has 1 heterocycles. The molecule has 1 saturated carbocycles. The maximum atomic E-state index is 13.8. The number of carbonyl (C=O) groups excluding carboxylic acids is 1. The predicted octanol–water partition coefficient (Wildman–Crippen LogP) is 4.69. The van der Waals surface area contributed by atoms with Gasteiger partial charge in [0.2, 0.25) is 0 Å². The second kappa shape index (κ2) is 10.8. The van der Waals surface area contributed by atoms with Gasteiger partial charge < -0.3 is 15.2 Å². The molecule has 2 fully saturated rings. The van der Waals surface area contributed by atoms with E-state index >= 15 is 0 Å². The molecule has 0 bridgehead atoms. The SMILES string of the molecule is O=C(N[C@@H](Cc1ccccc1)[C@H](O)CN1[C@H](C(F)(F)F)C[C@@H]2CCC[C@@H]21)OCc1ccccc1. The van der Waals surface area contributed by atoms with Crippen LogP contribution in [0, 0.1) is 5.92 Å². The van der Waals surface area contributed by atoms with Gasteiger partial charge in [0.25, 0.3) is 0 Å². The third-order valence-corrected chi connectivity index (χ3v) is 7.03. The van der Waals surface area contributed by atoms with E-state index in [0.29, 0.717) is 6.42 Å². The first-order chi connectivity index (χ1) is 16.3. The zero-order valence-electron chi connectivity index (χ0n) is 19.0. The molecule has 5 atom stereocenters. The van der Waals surface area contributed by atoms with Crippen LogP contribution in [0.1, 0.15) is 36.8 Å². The molecule has 34 heavy (non-hydrogen) atoms. The van der Waals surface area contributed by atoms with Crippen molar-refractivity contribution in [3.8, 4) is 0 Å². The van der Waals surface area contributed by atoms with Crippen LogP contribution in [0.4, 0.5) is 18.0 Å². The number of carbonyl (C=O) groups is 1. The molecule has 0 radical (unpaired) electrons. The molecular formula is C26H31F3N2O3. The van der Waals surface area contributed by atoms with Crippen LogP contribution in [0.2, 0.25) is 0 Å². The molecule has 0 spiro atoms. The monoisotopic (exact) mass is 476 g/mol. The number of β-amino-alcohol motifs (C(OH)–C–C–N with tert-alkyl or cyclic N) is 1. The van der Waals surface area contributed by atoms with Gasteiger partial charge in [0.05, 0.1) is 12.1 Å². The van der Waals surface area contributed by atoms with Crippen molar-refractivity contribution in [1.29, 1.82) is 0 Å². The summed E-state index contributed by atoms with van der Waals surface area (Å²) in [6.07, 6.45) is -3.48. The number of hydrogen-bond donors (Lipinski definition) is 2. The van der Waals surface area contributed by atoms with E-state index in [9.17, 15) is 23.1 Å². The number of alkyl halides is 3. The van der Waals surface area contributed by atoms with E-state index in [-0.39, 0.29) is 38.0 Å². The van der Waals surface area contributed by atoms with E-state index in [1.807, 2.05) is 60.7 Å². The molecule has 4 rings (SSSR count). The Morgan fingerprint density at radius 2 is 1.71 bits per heavy atom. The van der Waals surface area contributed by atoms with Gasteiger partial charge in [0.15, 0.2) is 0 Å². The third kappa shape index (κ3) is 6.10. The van der Waals surface area contributed by atoms with Crippen molar-refractivity contribution in [3.05, 3.63) is 71.8 Å². The lowest BCUT2D eigenvalue weighted by atomic mass is 10.00. The van der Waals surface area contributed by atoms with Crippen molar-refractivity contribution < 1.29 is 27.8 Å². The summed E-state index contributed by atoms with van der Waals surface area (Å²) in [5.74, 6) is 0.00944. The van der Waals surface area contributed by atoms with Crippen molar-refractivity contribution in [2.45, 2.75) is 69.1 Å². The zero-order valence-corrected chi connectivity index (χ0v) is 19.0. The van der Waals surface area contributed by atoms with Gasteiger partial charge in [0.1, 0.15) is 12.6 Å². The first kappa shape index (κ1) is 24.5. The van der Waals surface area contributed by atoms with E-state index in [1.165, 1.54) is 4.90 Å². The molecule has 1 aliphatic heterocycles. The number of rotatable bonds is 8. The molecule has 1 aliphatic carbocycles. The number of alkyl carbamates (subject to hydrolysis) is 1. The zero-order chi connectivity index (χ0) is 24.1. The Morgan fingerprint density at radius 1 is 1.06 bits per heavy atom. The van der Waals surface area contributed by atoms with Crippen molar-refractivity contribution in [2.24, 2.45) is 5.92 Å². The number of benzene rings is 2. The third-order valence-electron chi connectivity index (χ3n) is 7.03. The summed E-state index contributed by atoms with van der Waals surface area (Å²) in [5.41, 5.74) is 1.68. The maximum absolute atomic E-state index is 13.8. The van der Waals surface area contributed by atoms with Crippen molar-refractivity contribution >= 4 is 6.09 Å². The quantitative estimate of drug-likeness (QED) is 0.580. The average Bonchev–Trinajstić information content (AvgIpc) is 3.41. The topological polar surface area (TPSA) is 61.8 Å². The highest BCUT2D eigenvalue weighted by molar-refractivity contribution is 5.67. The minimum atomic E-state index is -4.35. The van der Waals surface area contributed by atoms with Crippen molar-refractivity contribution in [2.75, 3.05) is 6.54 Å². The summed E-state index contributed by atoms with van der Waals surface area (Å²) in [7, 11) is 0. The molecule has 2 aromatic carbocycles. The highest BCUT2D eigenvalue weighted by Crippen LogP contribution is 2.46. The number of fused-ring (bicyclic) bond motifs is 1. The molecule has 1 saturated heterocycles. The van der Waals surface area contributed by atoms with Crippen LogP contribution >= 0.6 is 0 Å². The number of nitrogens with one attached hydrogen (secondary N) is 1. The van der Waals surface area contributed by atoms with Crippen molar-refractivity contribution in [1.82, 2.24) is 10.2 Å². The number of ether oxygens (including phenoxy) is 1. The first-order valence-electron chi connectivity index (χ1n) is 11.8. The summed E-state index contributed by atoms with van der Waals surface area (Å²) < 4.78 is 46.6. The van der Waals surface area contributed by atoms with Crippen LogP contribution < -0.4 is 5.32 Å². The number of amides is 1. The average molecular weight is 477 g/mol. The maximum Gasteiger partial charge on any atom is 0.407 e. The van der Waals surface area contributed by atoms with Crippen LogP contribution in [-0.4, -0.2) is 53.1 Å². The molecule has 8 heteroatoms. The number of aliphatic hydroxyl groups is 1. The summed E-state index contributed by atoms with van der Waals surface area (Å²) in [5, 5.41) is 13.8. The fourth-order valence-electron chi connectivity index (χ4n) is 5.38. The normalized spacial score (nSPS) is 24.4. The number of aliphatic hydroxyl groups excluding tert-OH is 1. The fourth-order valence-corrected chi connectivity index (χ4v) is 5.38. The van der Waals surface area contributed by atoms with Gasteiger partial charge in [-0.15, -0.1) is 0 Å².